The van der Waals surface area contributed by atoms with Gasteiger partial charge in [0, 0.05) is 6.42 Å². The lowest BCUT2D eigenvalue weighted by atomic mass is 9.66. The van der Waals surface area contributed by atoms with E-state index in [1.165, 1.54) is 0 Å². The Balaban J connectivity index is 1.68. The van der Waals surface area contributed by atoms with E-state index in [4.69, 9.17) is 18.9 Å². The van der Waals surface area contributed by atoms with Crippen molar-refractivity contribution in [2.45, 2.75) is 102 Å². The first-order chi connectivity index (χ1) is 16.3. The minimum Gasteiger partial charge on any atom is -0.394 e. The van der Waals surface area contributed by atoms with Crippen LogP contribution in [0, 0.1) is 11.3 Å². The number of hydrogen-bond acceptors (Lipinski definition) is 11. The summed E-state index contributed by atoms with van der Waals surface area (Å²) in [5, 5.41) is 60.5. The molecule has 0 aromatic carbocycles. The van der Waals surface area contributed by atoms with E-state index in [9.17, 15) is 35.4 Å². The molecule has 0 unspecified atom stereocenters. The fourth-order valence-electron chi connectivity index (χ4n) is 5.29. The fourth-order valence-corrected chi connectivity index (χ4v) is 5.29. The predicted molar refractivity (Wildman–Crippen MR) is 121 cm³/mol. The van der Waals surface area contributed by atoms with Crippen LogP contribution in [-0.4, -0.2) is 111 Å². The van der Waals surface area contributed by atoms with Crippen molar-refractivity contribution in [3.8, 4) is 0 Å². The molecule has 6 N–H and O–H groups in total. The Bertz CT molecular complexity index is 771. The average Bonchev–Trinajstić information content (AvgIpc) is 3.06. The highest BCUT2D eigenvalue weighted by atomic mass is 16.8. The first kappa shape index (κ1) is 28.6. The molecule has 2 aliphatic heterocycles. The van der Waals surface area contributed by atoms with Crippen molar-refractivity contribution in [2.24, 2.45) is 11.3 Å². The van der Waals surface area contributed by atoms with Gasteiger partial charge >= 0.3 is 0 Å². The molecule has 10 atom stereocenters. The van der Waals surface area contributed by atoms with Gasteiger partial charge in [0.05, 0.1) is 25.9 Å². The standard InChI is InChI=1S/C24H40O11/c1-12-7-14(27)8-23(3,4)15(12)6-5-13(2)33-21-19(18(29)17(28)16(9-25)34-21)35-22-20(30)24(31,10-26)11-32-22/h7,13,15-22,25-26,28-31H,5-6,8-11H2,1-4H3/t13-,15-,16+,17+,18-,19+,20-,21+,22-,24+/m0/s1. The molecule has 202 valence electrons. The summed E-state index contributed by atoms with van der Waals surface area (Å²) in [7, 11) is 0. The number of allylic oxidation sites excluding steroid dienone is 2. The smallest absolute Gasteiger partial charge is 0.187 e. The van der Waals surface area contributed by atoms with E-state index in [1.807, 2.05) is 13.8 Å². The molecule has 0 amide bonds. The van der Waals surface area contributed by atoms with Crippen LogP contribution >= 0.6 is 0 Å². The van der Waals surface area contributed by atoms with Crippen LogP contribution in [0.3, 0.4) is 0 Å². The Morgan fingerprint density at radius 3 is 2.43 bits per heavy atom. The fraction of sp³-hybridized carbons (Fsp3) is 0.875. The molecular formula is C24H40O11. The number of carbonyl (C=O) groups is 1. The highest BCUT2D eigenvalue weighted by Crippen LogP contribution is 2.42. The van der Waals surface area contributed by atoms with Crippen molar-refractivity contribution < 1.29 is 54.4 Å². The van der Waals surface area contributed by atoms with E-state index in [0.717, 1.165) is 12.0 Å². The molecule has 2 saturated heterocycles. The molecule has 11 heteroatoms. The Morgan fingerprint density at radius 2 is 1.86 bits per heavy atom. The van der Waals surface area contributed by atoms with Crippen LogP contribution in [0.5, 0.6) is 0 Å². The minimum absolute atomic E-state index is 0.121. The molecule has 2 heterocycles. The van der Waals surface area contributed by atoms with Crippen LogP contribution in [-0.2, 0) is 23.7 Å². The SMILES string of the molecule is CC1=CC(=O)CC(C)(C)[C@H]1CC[C@H](C)O[C@@H]1O[C@H](CO)[C@@H](O)[C@H](O)[C@H]1O[C@@H]1OC[C@](O)(CO)[C@H]1O. The zero-order chi connectivity index (χ0) is 26.1. The van der Waals surface area contributed by atoms with Gasteiger partial charge in [0.2, 0.25) is 0 Å². The lowest BCUT2D eigenvalue weighted by molar-refractivity contribution is -0.342. The van der Waals surface area contributed by atoms with Gasteiger partial charge in [0.25, 0.3) is 0 Å². The number of ether oxygens (including phenoxy) is 4. The third kappa shape index (κ3) is 6.12. The Kier molecular flexibility index (Phi) is 9.13. The van der Waals surface area contributed by atoms with Gasteiger partial charge in [-0.1, -0.05) is 19.4 Å². The maximum atomic E-state index is 12.0. The van der Waals surface area contributed by atoms with Gasteiger partial charge < -0.3 is 49.6 Å². The number of rotatable bonds is 9. The molecule has 0 bridgehead atoms. The zero-order valence-corrected chi connectivity index (χ0v) is 20.7. The summed E-state index contributed by atoms with van der Waals surface area (Å²) in [5.41, 5.74) is -1.10. The first-order valence-electron chi connectivity index (χ1n) is 12.1. The second-order valence-electron chi connectivity index (χ2n) is 10.8. The molecule has 0 aromatic heterocycles. The molecule has 0 saturated carbocycles. The van der Waals surface area contributed by atoms with Gasteiger partial charge in [-0.3, -0.25) is 4.79 Å². The molecule has 0 aromatic rings. The van der Waals surface area contributed by atoms with Crippen molar-refractivity contribution >= 4 is 5.78 Å². The van der Waals surface area contributed by atoms with Crippen LogP contribution < -0.4 is 0 Å². The second-order valence-corrected chi connectivity index (χ2v) is 10.8. The van der Waals surface area contributed by atoms with Crippen LogP contribution in [0.15, 0.2) is 11.6 Å². The van der Waals surface area contributed by atoms with E-state index in [-0.39, 0.29) is 17.1 Å². The van der Waals surface area contributed by atoms with Gasteiger partial charge in [-0.2, -0.15) is 0 Å². The van der Waals surface area contributed by atoms with E-state index in [1.54, 1.807) is 6.08 Å². The lowest BCUT2D eigenvalue weighted by Crippen LogP contribution is -2.62. The number of aliphatic hydroxyl groups excluding tert-OH is 5. The molecule has 0 spiro atoms. The maximum absolute atomic E-state index is 12.0. The minimum atomic E-state index is -1.93. The summed E-state index contributed by atoms with van der Waals surface area (Å²) < 4.78 is 22.7. The third-order valence-electron chi connectivity index (χ3n) is 7.44. The van der Waals surface area contributed by atoms with Crippen molar-refractivity contribution in [1.82, 2.24) is 0 Å². The Morgan fingerprint density at radius 1 is 1.17 bits per heavy atom. The van der Waals surface area contributed by atoms with Crippen molar-refractivity contribution in [2.75, 3.05) is 19.8 Å². The summed E-state index contributed by atoms with van der Waals surface area (Å²) in [6.07, 6.45) is -6.64. The summed E-state index contributed by atoms with van der Waals surface area (Å²) in [5.74, 6) is 0.303. The van der Waals surface area contributed by atoms with Gasteiger partial charge in [0.1, 0.15) is 36.1 Å². The quantitative estimate of drug-likeness (QED) is 0.227. The molecule has 35 heavy (non-hydrogen) atoms. The van der Waals surface area contributed by atoms with Gasteiger partial charge in [-0.25, -0.2) is 0 Å². The van der Waals surface area contributed by atoms with Crippen molar-refractivity contribution in [3.63, 3.8) is 0 Å². The number of carbonyl (C=O) groups excluding carboxylic acids is 1. The first-order valence-corrected chi connectivity index (χ1v) is 12.1. The van der Waals surface area contributed by atoms with E-state index in [0.29, 0.717) is 12.8 Å². The highest BCUT2D eigenvalue weighted by Gasteiger charge is 2.53. The molecule has 3 aliphatic rings. The Labute approximate surface area is 205 Å². The summed E-state index contributed by atoms with van der Waals surface area (Å²) in [6, 6.07) is 0. The highest BCUT2D eigenvalue weighted by molar-refractivity contribution is 5.91. The second kappa shape index (κ2) is 11.2. The zero-order valence-electron chi connectivity index (χ0n) is 20.7. The molecule has 11 nitrogen and oxygen atoms in total. The van der Waals surface area contributed by atoms with Gasteiger partial charge in [-0.05, 0) is 44.1 Å². The van der Waals surface area contributed by atoms with E-state index >= 15 is 0 Å². The maximum Gasteiger partial charge on any atom is 0.187 e. The largest absolute Gasteiger partial charge is 0.394 e. The van der Waals surface area contributed by atoms with E-state index in [2.05, 4.69) is 13.8 Å². The molecule has 1 aliphatic carbocycles. The monoisotopic (exact) mass is 504 g/mol. The van der Waals surface area contributed by atoms with Crippen molar-refractivity contribution in [3.05, 3.63) is 11.6 Å². The number of ketones is 1. The lowest BCUT2D eigenvalue weighted by Gasteiger charge is -2.43. The summed E-state index contributed by atoms with van der Waals surface area (Å²) in [6.45, 7) is 6.17. The van der Waals surface area contributed by atoms with E-state index < -0.39 is 74.6 Å². The molecule has 0 radical (unpaired) electrons. The molecule has 3 rings (SSSR count). The van der Waals surface area contributed by atoms with Crippen LogP contribution in [0.4, 0.5) is 0 Å². The molecular weight excluding hydrogens is 464 g/mol. The predicted octanol–water partition coefficient (Wildman–Crippen LogP) is -1.00. The van der Waals surface area contributed by atoms with Crippen LogP contribution in [0.2, 0.25) is 0 Å². The van der Waals surface area contributed by atoms with Crippen LogP contribution in [0.1, 0.15) is 47.0 Å². The van der Waals surface area contributed by atoms with Gasteiger partial charge in [-0.15, -0.1) is 0 Å². The van der Waals surface area contributed by atoms with Crippen LogP contribution in [0.25, 0.3) is 0 Å². The Hall–Kier alpha value is -0.990. The average molecular weight is 505 g/mol. The summed E-state index contributed by atoms with van der Waals surface area (Å²) >= 11 is 0. The summed E-state index contributed by atoms with van der Waals surface area (Å²) in [4.78, 5) is 12.0. The topological polar surface area (TPSA) is 175 Å². The molecule has 2 fully saturated rings. The normalized spacial score (nSPS) is 42.7. The van der Waals surface area contributed by atoms with Crippen molar-refractivity contribution in [1.29, 1.82) is 0 Å². The number of aliphatic hydroxyl groups is 6. The number of hydrogen-bond donors (Lipinski definition) is 6. The third-order valence-corrected chi connectivity index (χ3v) is 7.44. The van der Waals surface area contributed by atoms with Gasteiger partial charge in [0.15, 0.2) is 18.4 Å².